The van der Waals surface area contributed by atoms with Crippen molar-refractivity contribution in [2.45, 2.75) is 18.8 Å². The number of rotatable bonds is 4. The molecule has 0 aromatic heterocycles. The average Bonchev–Trinajstić information content (AvgIpc) is 2.21. The van der Waals surface area contributed by atoms with Gasteiger partial charge in [0.25, 0.3) is 0 Å². The molecule has 8 heteroatoms. The van der Waals surface area contributed by atoms with E-state index in [-0.39, 0.29) is 25.4 Å². The van der Waals surface area contributed by atoms with Crippen LogP contribution in [0.15, 0.2) is 18.2 Å². The Labute approximate surface area is 107 Å². The molecule has 0 amide bonds. The number of benzene rings is 1. The summed E-state index contributed by atoms with van der Waals surface area (Å²) in [4.78, 5) is 0. The van der Waals surface area contributed by atoms with Gasteiger partial charge in [0.1, 0.15) is 0 Å². The fourth-order valence-electron chi connectivity index (χ4n) is 1.24. The lowest BCUT2D eigenvalue weighted by atomic mass is 10.1. The van der Waals surface area contributed by atoms with Crippen molar-refractivity contribution in [3.8, 4) is 5.75 Å². The van der Waals surface area contributed by atoms with Crippen molar-refractivity contribution >= 4 is 12.4 Å². The van der Waals surface area contributed by atoms with Gasteiger partial charge in [-0.05, 0) is 24.1 Å². The summed E-state index contributed by atoms with van der Waals surface area (Å²) in [6, 6.07) is 2.45. The second kappa shape index (κ2) is 6.77. The Hall–Kier alpha value is -1.05. The van der Waals surface area contributed by atoms with Gasteiger partial charge in [-0.3, -0.25) is 0 Å². The number of nitrogens with two attached hydrogens (primary N) is 1. The maximum atomic E-state index is 13.0. The van der Waals surface area contributed by atoms with Crippen LogP contribution in [0.25, 0.3) is 0 Å². The third-order valence-electron chi connectivity index (χ3n) is 1.95. The van der Waals surface area contributed by atoms with Crippen LogP contribution in [-0.4, -0.2) is 24.1 Å². The predicted molar refractivity (Wildman–Crippen MR) is 59.1 cm³/mol. The van der Waals surface area contributed by atoms with Crippen LogP contribution >= 0.6 is 12.4 Å². The Bertz CT molecular complexity index is 387. The molecular formula is C10H12ClF4NO2. The van der Waals surface area contributed by atoms with E-state index in [0.717, 1.165) is 12.1 Å². The van der Waals surface area contributed by atoms with E-state index >= 15 is 0 Å². The van der Waals surface area contributed by atoms with Gasteiger partial charge in [0, 0.05) is 6.04 Å². The zero-order chi connectivity index (χ0) is 13.1. The quantitative estimate of drug-likeness (QED) is 0.834. The van der Waals surface area contributed by atoms with Gasteiger partial charge in [0.15, 0.2) is 11.6 Å². The zero-order valence-corrected chi connectivity index (χ0v) is 9.89. The molecule has 1 aromatic carbocycles. The number of aliphatic hydroxyl groups excluding tert-OH is 1. The number of aliphatic hydroxyl groups is 1. The molecule has 1 rings (SSSR count). The van der Waals surface area contributed by atoms with Crippen LogP contribution < -0.4 is 10.5 Å². The van der Waals surface area contributed by atoms with Crippen LogP contribution in [0.4, 0.5) is 17.6 Å². The summed E-state index contributed by atoms with van der Waals surface area (Å²) in [6.45, 7) is -0.313. The molecule has 0 saturated heterocycles. The first kappa shape index (κ1) is 16.9. The molecule has 104 valence electrons. The third kappa shape index (κ3) is 5.52. The Morgan fingerprint density at radius 1 is 1.33 bits per heavy atom. The topological polar surface area (TPSA) is 55.5 Å². The van der Waals surface area contributed by atoms with E-state index in [0.29, 0.717) is 5.56 Å². The molecule has 0 radical (unpaired) electrons. The minimum atomic E-state index is -4.95. The first-order valence-corrected chi connectivity index (χ1v) is 4.72. The van der Waals surface area contributed by atoms with Crippen molar-refractivity contribution in [3.63, 3.8) is 0 Å². The number of hydrogen-bond donors (Lipinski definition) is 2. The molecule has 1 aromatic rings. The normalized spacial score (nSPS) is 12.8. The van der Waals surface area contributed by atoms with Gasteiger partial charge in [-0.1, -0.05) is 6.07 Å². The van der Waals surface area contributed by atoms with Crippen molar-refractivity contribution in [1.82, 2.24) is 0 Å². The molecule has 0 saturated carbocycles. The van der Waals surface area contributed by atoms with Crippen LogP contribution in [0.5, 0.6) is 5.75 Å². The van der Waals surface area contributed by atoms with Gasteiger partial charge in [-0.2, -0.15) is 0 Å². The fraction of sp³-hybridized carbons (Fsp3) is 0.400. The summed E-state index contributed by atoms with van der Waals surface area (Å²) in [7, 11) is 0. The second-order valence-electron chi connectivity index (χ2n) is 3.46. The first-order valence-electron chi connectivity index (χ1n) is 4.72. The van der Waals surface area contributed by atoms with Crippen LogP contribution in [0.2, 0.25) is 0 Å². The summed E-state index contributed by atoms with van der Waals surface area (Å²) in [5.74, 6) is -2.01. The molecule has 0 bridgehead atoms. The lowest BCUT2D eigenvalue weighted by molar-refractivity contribution is -0.275. The summed E-state index contributed by atoms with van der Waals surface area (Å²) < 4.78 is 52.3. The maximum Gasteiger partial charge on any atom is 0.573 e. The minimum Gasteiger partial charge on any atom is -0.403 e. The van der Waals surface area contributed by atoms with Crippen molar-refractivity contribution in [1.29, 1.82) is 0 Å². The van der Waals surface area contributed by atoms with Crippen LogP contribution in [0.3, 0.4) is 0 Å². The van der Waals surface area contributed by atoms with Gasteiger partial charge in [-0.25, -0.2) is 4.39 Å². The van der Waals surface area contributed by atoms with E-state index < -0.39 is 24.0 Å². The van der Waals surface area contributed by atoms with E-state index in [2.05, 4.69) is 4.74 Å². The molecule has 0 aliphatic rings. The van der Waals surface area contributed by atoms with E-state index in [1.807, 2.05) is 0 Å². The summed E-state index contributed by atoms with van der Waals surface area (Å²) in [5.41, 5.74) is 5.77. The van der Waals surface area contributed by atoms with E-state index in [1.165, 1.54) is 6.07 Å². The fourth-order valence-corrected chi connectivity index (χ4v) is 1.24. The first-order chi connectivity index (χ1) is 7.81. The van der Waals surface area contributed by atoms with Crippen molar-refractivity contribution in [2.75, 3.05) is 6.61 Å². The van der Waals surface area contributed by atoms with Gasteiger partial charge < -0.3 is 15.6 Å². The number of ether oxygens (including phenoxy) is 1. The Kier molecular flexibility index (Phi) is 6.37. The predicted octanol–water partition coefficient (Wildman–Crippen LogP) is 2.01. The van der Waals surface area contributed by atoms with E-state index in [9.17, 15) is 17.6 Å². The molecule has 0 aliphatic heterocycles. The Morgan fingerprint density at radius 3 is 2.44 bits per heavy atom. The van der Waals surface area contributed by atoms with Gasteiger partial charge in [-0.15, -0.1) is 25.6 Å². The monoisotopic (exact) mass is 289 g/mol. The highest BCUT2D eigenvalue weighted by Gasteiger charge is 2.32. The average molecular weight is 290 g/mol. The molecule has 0 heterocycles. The van der Waals surface area contributed by atoms with Crippen LogP contribution in [-0.2, 0) is 6.42 Å². The van der Waals surface area contributed by atoms with Crippen molar-refractivity contribution < 1.29 is 27.4 Å². The number of halogens is 5. The molecule has 18 heavy (non-hydrogen) atoms. The highest BCUT2D eigenvalue weighted by atomic mass is 35.5. The summed E-state index contributed by atoms with van der Waals surface area (Å²) >= 11 is 0. The van der Waals surface area contributed by atoms with E-state index in [4.69, 9.17) is 10.8 Å². The molecule has 3 nitrogen and oxygen atoms in total. The molecule has 1 atom stereocenters. The summed E-state index contributed by atoms with van der Waals surface area (Å²) in [6.07, 6.45) is -4.82. The lowest BCUT2D eigenvalue weighted by Crippen LogP contribution is -2.27. The van der Waals surface area contributed by atoms with E-state index in [1.54, 1.807) is 0 Å². The number of alkyl halides is 3. The lowest BCUT2D eigenvalue weighted by Gasteiger charge is -2.12. The molecule has 3 N–H and O–H groups in total. The molecule has 0 spiro atoms. The van der Waals surface area contributed by atoms with Gasteiger partial charge in [0.2, 0.25) is 0 Å². The van der Waals surface area contributed by atoms with Crippen molar-refractivity contribution in [2.24, 2.45) is 5.73 Å². The SMILES string of the molecule is Cl.NC(CO)Cc1ccc(F)c(OC(F)(F)F)c1. The smallest absolute Gasteiger partial charge is 0.403 e. The van der Waals surface area contributed by atoms with Gasteiger partial charge >= 0.3 is 6.36 Å². The van der Waals surface area contributed by atoms with Crippen LogP contribution in [0, 0.1) is 5.82 Å². The third-order valence-corrected chi connectivity index (χ3v) is 1.95. The standard InChI is InChI=1S/C10H11F4NO2.ClH/c11-8-2-1-6(3-7(15)5-16)4-9(8)17-10(12,13)14;/h1-2,4,7,16H,3,5,15H2;1H. The maximum absolute atomic E-state index is 13.0. The minimum absolute atomic E-state index is 0. The zero-order valence-electron chi connectivity index (χ0n) is 9.08. The molecule has 1 unspecified atom stereocenters. The molecular weight excluding hydrogens is 278 g/mol. The number of hydrogen-bond acceptors (Lipinski definition) is 3. The molecule has 0 fully saturated rings. The summed E-state index contributed by atoms with van der Waals surface area (Å²) in [5, 5.41) is 8.70. The van der Waals surface area contributed by atoms with Crippen LogP contribution in [0.1, 0.15) is 5.56 Å². The Morgan fingerprint density at radius 2 is 1.94 bits per heavy atom. The largest absolute Gasteiger partial charge is 0.573 e. The highest BCUT2D eigenvalue weighted by molar-refractivity contribution is 5.85. The van der Waals surface area contributed by atoms with Gasteiger partial charge in [0.05, 0.1) is 6.61 Å². The molecule has 0 aliphatic carbocycles. The second-order valence-corrected chi connectivity index (χ2v) is 3.46. The Balaban J connectivity index is 0.00000289. The van der Waals surface area contributed by atoms with Crippen molar-refractivity contribution in [3.05, 3.63) is 29.6 Å². The highest BCUT2D eigenvalue weighted by Crippen LogP contribution is 2.26.